The zero-order chi connectivity index (χ0) is 21.3. The summed E-state index contributed by atoms with van der Waals surface area (Å²) in [5, 5.41) is 3.86. The molecule has 1 aromatic carbocycles. The van der Waals surface area contributed by atoms with Crippen LogP contribution >= 0.6 is 0 Å². The van der Waals surface area contributed by atoms with Gasteiger partial charge in [-0.25, -0.2) is 9.50 Å². The number of rotatable bonds is 4. The molecule has 1 amide bonds. The van der Waals surface area contributed by atoms with Crippen LogP contribution in [-0.4, -0.2) is 58.8 Å². The summed E-state index contributed by atoms with van der Waals surface area (Å²) in [4.78, 5) is 18.6. The number of methoxy groups -OCH3 is 1. The smallest absolute Gasteiger partial charge is 0.433 e. The van der Waals surface area contributed by atoms with Crippen LogP contribution in [0.1, 0.15) is 11.3 Å². The van der Waals surface area contributed by atoms with Crippen LogP contribution in [0.5, 0.6) is 5.75 Å². The summed E-state index contributed by atoms with van der Waals surface area (Å²) in [5.41, 5.74) is 0.0292. The molecule has 158 valence electrons. The van der Waals surface area contributed by atoms with E-state index in [-0.39, 0.29) is 23.7 Å². The molecule has 0 atom stereocenters. The standard InChI is InChI=1S/C20H19F3N4O3/c1-29-15-4-2-13(3-5-15)16-11-17(20(21,22)23)27-19(25-16)14(12-24-27)10-18(28)26-6-8-30-9-7-26/h2-5,11-12H,6-10H2,1H3. The fourth-order valence-corrected chi connectivity index (χ4v) is 3.33. The molecule has 2 aromatic heterocycles. The Morgan fingerprint density at radius 2 is 1.90 bits per heavy atom. The predicted molar refractivity (Wildman–Crippen MR) is 101 cm³/mol. The van der Waals surface area contributed by atoms with Crippen LogP contribution in [0.4, 0.5) is 13.2 Å². The first-order valence-corrected chi connectivity index (χ1v) is 9.31. The van der Waals surface area contributed by atoms with Crippen LogP contribution in [0.25, 0.3) is 16.9 Å². The number of hydrogen-bond acceptors (Lipinski definition) is 5. The number of carbonyl (C=O) groups is 1. The molecule has 1 saturated heterocycles. The zero-order valence-corrected chi connectivity index (χ0v) is 16.1. The second-order valence-corrected chi connectivity index (χ2v) is 6.83. The van der Waals surface area contributed by atoms with Crippen LogP contribution in [0.15, 0.2) is 36.5 Å². The molecule has 1 aliphatic heterocycles. The first-order valence-electron chi connectivity index (χ1n) is 9.31. The molecule has 0 spiro atoms. The van der Waals surface area contributed by atoms with E-state index in [1.807, 2.05) is 0 Å². The number of morpholine rings is 1. The van der Waals surface area contributed by atoms with Crippen molar-refractivity contribution >= 4 is 11.6 Å². The average Bonchev–Trinajstić information content (AvgIpc) is 3.15. The molecule has 0 bridgehead atoms. The van der Waals surface area contributed by atoms with Gasteiger partial charge in [0.2, 0.25) is 5.91 Å². The lowest BCUT2D eigenvalue weighted by Gasteiger charge is -2.26. The van der Waals surface area contributed by atoms with Gasteiger partial charge < -0.3 is 14.4 Å². The van der Waals surface area contributed by atoms with Crippen molar-refractivity contribution in [2.75, 3.05) is 33.4 Å². The number of fused-ring (bicyclic) bond motifs is 1. The molecule has 0 saturated carbocycles. The van der Waals surface area contributed by atoms with Gasteiger partial charge in [0, 0.05) is 24.2 Å². The first-order chi connectivity index (χ1) is 14.4. The molecule has 1 fully saturated rings. The SMILES string of the molecule is COc1ccc(-c2cc(C(F)(F)F)n3ncc(CC(=O)N4CCOCC4)c3n2)cc1. The highest BCUT2D eigenvalue weighted by Crippen LogP contribution is 2.33. The van der Waals surface area contributed by atoms with Crippen molar-refractivity contribution in [1.82, 2.24) is 19.5 Å². The highest BCUT2D eigenvalue weighted by Gasteiger charge is 2.35. The number of aromatic nitrogens is 3. The molecule has 0 aliphatic carbocycles. The Bertz CT molecular complexity index is 1060. The molecule has 0 radical (unpaired) electrons. The number of amides is 1. The minimum atomic E-state index is -4.64. The Morgan fingerprint density at radius 1 is 1.20 bits per heavy atom. The lowest BCUT2D eigenvalue weighted by atomic mass is 10.1. The van der Waals surface area contributed by atoms with Crippen LogP contribution in [-0.2, 0) is 22.1 Å². The maximum absolute atomic E-state index is 13.7. The van der Waals surface area contributed by atoms with Crippen LogP contribution in [0.3, 0.4) is 0 Å². The monoisotopic (exact) mass is 420 g/mol. The first kappa shape index (κ1) is 20.1. The number of halogens is 3. The molecule has 0 N–H and O–H groups in total. The Hall–Kier alpha value is -3.14. The maximum atomic E-state index is 13.7. The third-order valence-electron chi connectivity index (χ3n) is 4.93. The topological polar surface area (TPSA) is 69.0 Å². The van der Waals surface area contributed by atoms with Crippen LogP contribution < -0.4 is 4.74 Å². The molecule has 4 rings (SSSR count). The summed E-state index contributed by atoms with van der Waals surface area (Å²) in [6, 6.07) is 7.51. The van der Waals surface area contributed by atoms with Gasteiger partial charge in [-0.05, 0) is 30.3 Å². The van der Waals surface area contributed by atoms with Gasteiger partial charge in [-0.2, -0.15) is 18.3 Å². The van der Waals surface area contributed by atoms with Crippen molar-refractivity contribution < 1.29 is 27.4 Å². The van der Waals surface area contributed by atoms with Crippen molar-refractivity contribution in [2.45, 2.75) is 12.6 Å². The molecule has 30 heavy (non-hydrogen) atoms. The van der Waals surface area contributed by atoms with Gasteiger partial charge >= 0.3 is 6.18 Å². The molecular weight excluding hydrogens is 401 g/mol. The van der Waals surface area contributed by atoms with Crippen molar-refractivity contribution in [2.24, 2.45) is 0 Å². The van der Waals surface area contributed by atoms with E-state index in [1.165, 1.54) is 13.3 Å². The third-order valence-corrected chi connectivity index (χ3v) is 4.93. The van der Waals surface area contributed by atoms with Gasteiger partial charge in [-0.3, -0.25) is 4.79 Å². The number of benzene rings is 1. The summed E-state index contributed by atoms with van der Waals surface area (Å²) in [6.45, 7) is 1.80. The number of alkyl halides is 3. The predicted octanol–water partition coefficient (Wildman–Crippen LogP) is 2.83. The van der Waals surface area contributed by atoms with Gasteiger partial charge in [-0.15, -0.1) is 0 Å². The normalized spacial score (nSPS) is 14.9. The van der Waals surface area contributed by atoms with E-state index in [2.05, 4.69) is 10.1 Å². The average molecular weight is 420 g/mol. The van der Waals surface area contributed by atoms with Crippen molar-refractivity contribution in [3.05, 3.63) is 47.8 Å². The number of hydrogen-bond donors (Lipinski definition) is 0. The lowest BCUT2D eigenvalue weighted by molar-refractivity contribution is -0.142. The highest BCUT2D eigenvalue weighted by molar-refractivity contribution is 5.81. The number of ether oxygens (including phenoxy) is 2. The zero-order valence-electron chi connectivity index (χ0n) is 16.1. The lowest BCUT2D eigenvalue weighted by Crippen LogP contribution is -2.41. The Kier molecular flexibility index (Phi) is 5.33. The summed E-state index contributed by atoms with van der Waals surface area (Å²) in [6.07, 6.45) is -3.45. The van der Waals surface area contributed by atoms with E-state index in [0.29, 0.717) is 43.2 Å². The fraction of sp³-hybridized carbons (Fsp3) is 0.350. The third kappa shape index (κ3) is 3.95. The largest absolute Gasteiger partial charge is 0.497 e. The van der Waals surface area contributed by atoms with Crippen LogP contribution in [0.2, 0.25) is 0 Å². The molecular formula is C20H19F3N4O3. The van der Waals surface area contributed by atoms with Gasteiger partial charge in [-0.1, -0.05) is 0 Å². The van der Waals surface area contributed by atoms with Crippen molar-refractivity contribution in [3.63, 3.8) is 0 Å². The second-order valence-electron chi connectivity index (χ2n) is 6.83. The summed E-state index contributed by atoms with van der Waals surface area (Å²) in [5.74, 6) is 0.385. The highest BCUT2D eigenvalue weighted by atomic mass is 19.4. The molecule has 3 aromatic rings. The van der Waals surface area contributed by atoms with E-state index in [9.17, 15) is 18.0 Å². The minimum Gasteiger partial charge on any atom is -0.497 e. The Balaban J connectivity index is 1.76. The number of carbonyl (C=O) groups excluding carboxylic acids is 1. The molecule has 1 aliphatic rings. The molecule has 7 nitrogen and oxygen atoms in total. The van der Waals surface area contributed by atoms with Gasteiger partial charge in [0.25, 0.3) is 0 Å². The van der Waals surface area contributed by atoms with E-state index >= 15 is 0 Å². The van der Waals surface area contributed by atoms with Crippen molar-refractivity contribution in [1.29, 1.82) is 0 Å². The maximum Gasteiger partial charge on any atom is 0.433 e. The van der Waals surface area contributed by atoms with Crippen LogP contribution in [0, 0.1) is 0 Å². The summed E-state index contributed by atoms with van der Waals surface area (Å²) in [7, 11) is 1.51. The van der Waals surface area contributed by atoms with E-state index in [4.69, 9.17) is 9.47 Å². The number of nitrogens with zero attached hydrogens (tertiary/aromatic N) is 4. The quantitative estimate of drug-likeness (QED) is 0.649. The van der Waals surface area contributed by atoms with E-state index < -0.39 is 11.9 Å². The van der Waals surface area contributed by atoms with Gasteiger partial charge in [0.05, 0.1) is 38.6 Å². The van der Waals surface area contributed by atoms with Crippen molar-refractivity contribution in [3.8, 4) is 17.0 Å². The van der Waals surface area contributed by atoms with Gasteiger partial charge in [0.1, 0.15) is 5.75 Å². The summed E-state index contributed by atoms with van der Waals surface area (Å²) < 4.78 is 52.2. The van der Waals surface area contributed by atoms with E-state index in [0.717, 1.165) is 10.6 Å². The second kappa shape index (κ2) is 7.94. The molecule has 10 heteroatoms. The summed E-state index contributed by atoms with van der Waals surface area (Å²) >= 11 is 0. The van der Waals surface area contributed by atoms with Gasteiger partial charge in [0.15, 0.2) is 11.3 Å². The fourth-order valence-electron chi connectivity index (χ4n) is 3.33. The minimum absolute atomic E-state index is 0.0113. The molecule has 0 unspecified atom stereocenters. The Morgan fingerprint density at radius 3 is 2.53 bits per heavy atom. The Labute approximate surface area is 170 Å². The molecule has 3 heterocycles. The van der Waals surface area contributed by atoms with E-state index in [1.54, 1.807) is 29.2 Å².